The van der Waals surface area contributed by atoms with Gasteiger partial charge in [-0.25, -0.2) is 9.18 Å². The summed E-state index contributed by atoms with van der Waals surface area (Å²) in [5, 5.41) is 5.77. The van der Waals surface area contributed by atoms with Crippen molar-refractivity contribution in [2.45, 2.75) is 12.5 Å². The number of anilines is 1. The minimum Gasteiger partial charge on any atom is -0.368 e. The van der Waals surface area contributed by atoms with Crippen LogP contribution in [0.2, 0.25) is 0 Å². The standard InChI is InChI=1S/C13H17FN4O2/c14-9-1-3-10(4-2-9)17-13(20)18(8-12(15)19)11-5-6-16-7-11/h1-4,11,16H,5-8H2,(H2,15,19)(H,17,20). The number of halogens is 1. The molecule has 2 rings (SSSR count). The monoisotopic (exact) mass is 280 g/mol. The minimum atomic E-state index is -0.564. The number of carbonyl (C=O) groups is 2. The first kappa shape index (κ1) is 14.3. The maximum atomic E-state index is 12.8. The molecule has 7 heteroatoms. The zero-order chi connectivity index (χ0) is 14.5. The Morgan fingerprint density at radius 2 is 2.10 bits per heavy atom. The van der Waals surface area contributed by atoms with Crippen LogP contribution in [0.1, 0.15) is 6.42 Å². The quantitative estimate of drug-likeness (QED) is 0.751. The molecule has 1 saturated heterocycles. The lowest BCUT2D eigenvalue weighted by Gasteiger charge is -2.27. The van der Waals surface area contributed by atoms with Gasteiger partial charge in [0, 0.05) is 18.3 Å². The van der Waals surface area contributed by atoms with Crippen molar-refractivity contribution < 1.29 is 14.0 Å². The van der Waals surface area contributed by atoms with E-state index in [2.05, 4.69) is 10.6 Å². The molecule has 0 spiro atoms. The lowest BCUT2D eigenvalue weighted by molar-refractivity contribution is -0.118. The zero-order valence-electron chi connectivity index (χ0n) is 10.9. The van der Waals surface area contributed by atoms with E-state index < -0.39 is 11.9 Å². The Morgan fingerprint density at radius 1 is 1.40 bits per heavy atom. The van der Waals surface area contributed by atoms with E-state index in [1.807, 2.05) is 0 Å². The van der Waals surface area contributed by atoms with Crippen molar-refractivity contribution in [2.24, 2.45) is 5.73 Å². The van der Waals surface area contributed by atoms with Gasteiger partial charge in [0.1, 0.15) is 12.4 Å². The molecular formula is C13H17FN4O2. The van der Waals surface area contributed by atoms with E-state index >= 15 is 0 Å². The van der Waals surface area contributed by atoms with Crippen LogP contribution in [0.5, 0.6) is 0 Å². The molecule has 1 aromatic carbocycles. The number of urea groups is 1. The van der Waals surface area contributed by atoms with Crippen molar-refractivity contribution in [3.05, 3.63) is 30.1 Å². The maximum absolute atomic E-state index is 12.8. The van der Waals surface area contributed by atoms with Crippen LogP contribution >= 0.6 is 0 Å². The number of nitrogens with two attached hydrogens (primary N) is 1. The van der Waals surface area contributed by atoms with Crippen LogP contribution < -0.4 is 16.4 Å². The predicted octanol–water partition coefficient (Wildman–Crippen LogP) is 0.507. The lowest BCUT2D eigenvalue weighted by atomic mass is 10.2. The molecule has 3 amide bonds. The van der Waals surface area contributed by atoms with Crippen LogP contribution in [0.25, 0.3) is 0 Å². The lowest BCUT2D eigenvalue weighted by Crippen LogP contribution is -2.48. The molecule has 0 radical (unpaired) electrons. The zero-order valence-corrected chi connectivity index (χ0v) is 10.9. The predicted molar refractivity (Wildman–Crippen MR) is 72.6 cm³/mol. The second-order valence-corrected chi connectivity index (χ2v) is 4.68. The Morgan fingerprint density at radius 3 is 2.65 bits per heavy atom. The number of carbonyl (C=O) groups excluding carboxylic acids is 2. The highest BCUT2D eigenvalue weighted by molar-refractivity contribution is 5.92. The fourth-order valence-corrected chi connectivity index (χ4v) is 2.17. The van der Waals surface area contributed by atoms with Crippen LogP contribution in [0.15, 0.2) is 24.3 Å². The molecule has 0 aromatic heterocycles. The molecule has 0 aliphatic carbocycles. The highest BCUT2D eigenvalue weighted by Crippen LogP contribution is 2.13. The summed E-state index contributed by atoms with van der Waals surface area (Å²) in [5.41, 5.74) is 5.65. The molecule has 108 valence electrons. The van der Waals surface area contributed by atoms with Crippen molar-refractivity contribution in [1.29, 1.82) is 0 Å². The third-order valence-corrected chi connectivity index (χ3v) is 3.16. The third-order valence-electron chi connectivity index (χ3n) is 3.16. The van der Waals surface area contributed by atoms with Gasteiger partial charge in [-0.05, 0) is 37.2 Å². The smallest absolute Gasteiger partial charge is 0.322 e. The summed E-state index contributed by atoms with van der Waals surface area (Å²) in [4.78, 5) is 24.7. The van der Waals surface area contributed by atoms with Gasteiger partial charge in [0.25, 0.3) is 0 Å². The van der Waals surface area contributed by atoms with E-state index in [0.717, 1.165) is 13.0 Å². The van der Waals surface area contributed by atoms with E-state index in [9.17, 15) is 14.0 Å². The summed E-state index contributed by atoms with van der Waals surface area (Å²) in [5.74, 6) is -0.942. The number of nitrogens with zero attached hydrogens (tertiary/aromatic N) is 1. The first-order valence-corrected chi connectivity index (χ1v) is 6.38. The normalized spacial score (nSPS) is 17.8. The van der Waals surface area contributed by atoms with Crippen LogP contribution in [0.3, 0.4) is 0 Å². The molecule has 1 unspecified atom stereocenters. The third kappa shape index (κ3) is 3.67. The van der Waals surface area contributed by atoms with E-state index in [-0.39, 0.29) is 18.4 Å². The largest absolute Gasteiger partial charge is 0.368 e. The number of nitrogens with one attached hydrogen (secondary N) is 2. The second-order valence-electron chi connectivity index (χ2n) is 4.68. The number of rotatable bonds is 4. The number of benzene rings is 1. The molecule has 1 fully saturated rings. The summed E-state index contributed by atoms with van der Waals surface area (Å²) < 4.78 is 12.8. The van der Waals surface area contributed by atoms with Gasteiger partial charge in [-0.15, -0.1) is 0 Å². The van der Waals surface area contributed by atoms with E-state index in [1.165, 1.54) is 29.2 Å². The van der Waals surface area contributed by atoms with Crippen LogP contribution in [0, 0.1) is 5.82 Å². The van der Waals surface area contributed by atoms with Gasteiger partial charge < -0.3 is 21.3 Å². The number of hydrogen-bond donors (Lipinski definition) is 3. The molecule has 1 atom stereocenters. The average Bonchev–Trinajstić information content (AvgIpc) is 2.92. The summed E-state index contributed by atoms with van der Waals surface area (Å²) in [6, 6.07) is 4.95. The fraction of sp³-hybridized carbons (Fsp3) is 0.385. The molecule has 1 heterocycles. The first-order chi connectivity index (χ1) is 9.56. The SMILES string of the molecule is NC(=O)CN(C(=O)Nc1ccc(F)cc1)C1CCNC1. The van der Waals surface area contributed by atoms with E-state index in [1.54, 1.807) is 0 Å². The summed E-state index contributed by atoms with van der Waals surface area (Å²) in [6.45, 7) is 1.28. The highest BCUT2D eigenvalue weighted by atomic mass is 19.1. The molecule has 6 nitrogen and oxygen atoms in total. The minimum absolute atomic E-state index is 0.0667. The van der Waals surface area contributed by atoms with Crippen LogP contribution in [-0.2, 0) is 4.79 Å². The first-order valence-electron chi connectivity index (χ1n) is 6.38. The Labute approximate surface area is 116 Å². The Kier molecular flexibility index (Phi) is 4.52. The van der Waals surface area contributed by atoms with Gasteiger partial charge in [-0.1, -0.05) is 0 Å². The van der Waals surface area contributed by atoms with Crippen molar-refractivity contribution in [3.63, 3.8) is 0 Å². The van der Waals surface area contributed by atoms with Crippen molar-refractivity contribution in [2.75, 3.05) is 25.0 Å². The number of hydrogen-bond acceptors (Lipinski definition) is 3. The molecular weight excluding hydrogens is 263 g/mol. The van der Waals surface area contributed by atoms with Gasteiger partial charge in [-0.3, -0.25) is 4.79 Å². The maximum Gasteiger partial charge on any atom is 0.322 e. The van der Waals surface area contributed by atoms with Crippen molar-refractivity contribution >= 4 is 17.6 Å². The summed E-state index contributed by atoms with van der Waals surface area (Å²) in [7, 11) is 0. The molecule has 1 aliphatic heterocycles. The summed E-state index contributed by atoms with van der Waals surface area (Å²) >= 11 is 0. The molecule has 4 N–H and O–H groups in total. The fourth-order valence-electron chi connectivity index (χ4n) is 2.17. The summed E-state index contributed by atoms with van der Waals surface area (Å²) in [6.07, 6.45) is 0.768. The molecule has 20 heavy (non-hydrogen) atoms. The number of amides is 3. The van der Waals surface area contributed by atoms with Crippen LogP contribution in [0.4, 0.5) is 14.9 Å². The van der Waals surface area contributed by atoms with Gasteiger partial charge in [-0.2, -0.15) is 0 Å². The van der Waals surface area contributed by atoms with Gasteiger partial charge in [0.05, 0.1) is 0 Å². The van der Waals surface area contributed by atoms with E-state index in [4.69, 9.17) is 5.73 Å². The average molecular weight is 280 g/mol. The van der Waals surface area contributed by atoms with Crippen molar-refractivity contribution in [3.8, 4) is 0 Å². The number of primary amides is 1. The Bertz CT molecular complexity index is 486. The molecule has 1 aliphatic rings. The molecule has 0 saturated carbocycles. The Hall–Kier alpha value is -2.15. The van der Waals surface area contributed by atoms with Gasteiger partial charge in [0.2, 0.25) is 5.91 Å². The van der Waals surface area contributed by atoms with Gasteiger partial charge >= 0.3 is 6.03 Å². The van der Waals surface area contributed by atoms with Crippen LogP contribution in [-0.4, -0.2) is 42.5 Å². The Balaban J connectivity index is 2.05. The second kappa shape index (κ2) is 6.33. The molecule has 0 bridgehead atoms. The van der Waals surface area contributed by atoms with Gasteiger partial charge in [0.15, 0.2) is 0 Å². The topological polar surface area (TPSA) is 87.5 Å². The van der Waals surface area contributed by atoms with Crippen molar-refractivity contribution in [1.82, 2.24) is 10.2 Å². The molecule has 1 aromatic rings. The highest BCUT2D eigenvalue weighted by Gasteiger charge is 2.27. The van der Waals surface area contributed by atoms with E-state index in [0.29, 0.717) is 12.2 Å².